The zero-order valence-electron chi connectivity index (χ0n) is 9.64. The second-order valence-corrected chi connectivity index (χ2v) is 5.30. The van der Waals surface area contributed by atoms with Crippen LogP contribution in [0.2, 0.25) is 0 Å². The standard InChI is InChI=1S/C10H10F3NO4S/c1-19(16,17)18-8(9(14)15)6-2-4-7(5-3-6)10(11,12)13/h2-5,8H,1H3,(H2,14,15). The van der Waals surface area contributed by atoms with Crippen molar-refractivity contribution in [3.8, 4) is 0 Å². The van der Waals surface area contributed by atoms with E-state index in [0.29, 0.717) is 18.4 Å². The van der Waals surface area contributed by atoms with Gasteiger partial charge in [-0.25, -0.2) is 0 Å². The van der Waals surface area contributed by atoms with E-state index in [0.717, 1.165) is 12.1 Å². The molecule has 0 fully saturated rings. The molecule has 0 spiro atoms. The van der Waals surface area contributed by atoms with E-state index in [1.54, 1.807) is 0 Å². The molecule has 9 heteroatoms. The highest BCUT2D eigenvalue weighted by Crippen LogP contribution is 2.30. The summed E-state index contributed by atoms with van der Waals surface area (Å²) in [6.45, 7) is 0. The molecule has 106 valence electrons. The van der Waals surface area contributed by atoms with Crippen LogP contribution in [0.5, 0.6) is 0 Å². The number of alkyl halides is 3. The van der Waals surface area contributed by atoms with Gasteiger partial charge in [0.15, 0.2) is 6.10 Å². The highest BCUT2D eigenvalue weighted by molar-refractivity contribution is 7.86. The maximum atomic E-state index is 12.3. The first-order valence-electron chi connectivity index (χ1n) is 4.85. The summed E-state index contributed by atoms with van der Waals surface area (Å²) in [6, 6.07) is 3.28. The zero-order valence-corrected chi connectivity index (χ0v) is 10.5. The lowest BCUT2D eigenvalue weighted by atomic mass is 10.1. The summed E-state index contributed by atoms with van der Waals surface area (Å²) in [5.74, 6) is -1.12. The molecule has 0 saturated heterocycles. The van der Waals surface area contributed by atoms with Gasteiger partial charge in [0, 0.05) is 0 Å². The normalized spacial score (nSPS) is 14.1. The van der Waals surface area contributed by atoms with Crippen molar-refractivity contribution in [2.24, 2.45) is 5.73 Å². The van der Waals surface area contributed by atoms with Crippen molar-refractivity contribution in [1.29, 1.82) is 0 Å². The molecular weight excluding hydrogens is 287 g/mol. The Morgan fingerprint density at radius 1 is 1.26 bits per heavy atom. The van der Waals surface area contributed by atoms with Gasteiger partial charge in [-0.1, -0.05) is 12.1 Å². The van der Waals surface area contributed by atoms with Crippen molar-refractivity contribution >= 4 is 16.0 Å². The number of primary amides is 1. The molecule has 1 aromatic carbocycles. The smallest absolute Gasteiger partial charge is 0.367 e. The van der Waals surface area contributed by atoms with E-state index in [1.165, 1.54) is 0 Å². The third-order valence-corrected chi connectivity index (χ3v) is 2.61. The Morgan fingerprint density at radius 3 is 2.05 bits per heavy atom. The van der Waals surface area contributed by atoms with E-state index in [2.05, 4.69) is 4.18 Å². The fraction of sp³-hybridized carbons (Fsp3) is 0.300. The van der Waals surface area contributed by atoms with E-state index >= 15 is 0 Å². The lowest BCUT2D eigenvalue weighted by molar-refractivity contribution is -0.137. The van der Waals surface area contributed by atoms with Gasteiger partial charge in [0.25, 0.3) is 16.0 Å². The Hall–Kier alpha value is -1.61. The van der Waals surface area contributed by atoms with Crippen molar-refractivity contribution in [2.75, 3.05) is 6.26 Å². The summed E-state index contributed by atoms with van der Waals surface area (Å²) < 4.78 is 63.3. The Morgan fingerprint density at radius 2 is 1.74 bits per heavy atom. The van der Waals surface area contributed by atoms with Crippen molar-refractivity contribution < 1.29 is 30.6 Å². The number of hydrogen-bond donors (Lipinski definition) is 1. The van der Waals surface area contributed by atoms with Gasteiger partial charge in [0.2, 0.25) is 0 Å². The van der Waals surface area contributed by atoms with E-state index in [1.807, 2.05) is 0 Å². The second kappa shape index (κ2) is 5.17. The molecule has 0 aliphatic carbocycles. The molecule has 1 unspecified atom stereocenters. The number of nitrogens with two attached hydrogens (primary N) is 1. The van der Waals surface area contributed by atoms with Gasteiger partial charge in [-0.2, -0.15) is 21.6 Å². The predicted molar refractivity (Wildman–Crippen MR) is 59.3 cm³/mol. The first-order chi connectivity index (χ1) is 8.50. The molecule has 0 aromatic heterocycles. The molecule has 0 aliphatic rings. The monoisotopic (exact) mass is 297 g/mol. The second-order valence-electron chi connectivity index (χ2n) is 3.70. The summed E-state index contributed by atoms with van der Waals surface area (Å²) in [7, 11) is -3.98. The lowest BCUT2D eigenvalue weighted by Crippen LogP contribution is -2.26. The molecule has 19 heavy (non-hydrogen) atoms. The van der Waals surface area contributed by atoms with Gasteiger partial charge in [-0.05, 0) is 17.7 Å². The molecule has 1 aromatic rings. The molecule has 0 bridgehead atoms. The summed E-state index contributed by atoms with van der Waals surface area (Å²) >= 11 is 0. The minimum atomic E-state index is -4.53. The molecule has 1 rings (SSSR count). The van der Waals surface area contributed by atoms with Gasteiger partial charge in [0.1, 0.15) is 0 Å². The third-order valence-electron chi connectivity index (χ3n) is 2.07. The van der Waals surface area contributed by atoms with Crippen LogP contribution < -0.4 is 5.73 Å². The fourth-order valence-corrected chi connectivity index (χ4v) is 1.84. The number of rotatable bonds is 4. The molecule has 0 saturated carbocycles. The third kappa shape index (κ3) is 4.52. The van der Waals surface area contributed by atoms with E-state index in [-0.39, 0.29) is 5.56 Å². The number of carbonyl (C=O) groups is 1. The number of benzene rings is 1. The molecule has 0 radical (unpaired) electrons. The molecule has 1 atom stereocenters. The number of hydrogen-bond acceptors (Lipinski definition) is 4. The SMILES string of the molecule is CS(=O)(=O)OC(C(N)=O)c1ccc(C(F)(F)F)cc1. The highest BCUT2D eigenvalue weighted by Gasteiger charge is 2.31. The largest absolute Gasteiger partial charge is 0.416 e. The summed E-state index contributed by atoms with van der Waals surface area (Å²) in [5.41, 5.74) is 3.94. The number of carbonyl (C=O) groups excluding carboxylic acids is 1. The predicted octanol–water partition coefficient (Wildman–Crippen LogP) is 1.21. The van der Waals surface area contributed by atoms with Crippen molar-refractivity contribution in [1.82, 2.24) is 0 Å². The van der Waals surface area contributed by atoms with Crippen LogP contribution in [0.3, 0.4) is 0 Å². The van der Waals surface area contributed by atoms with Crippen LogP contribution in [-0.2, 0) is 25.3 Å². The maximum absolute atomic E-state index is 12.3. The average molecular weight is 297 g/mol. The quantitative estimate of drug-likeness (QED) is 0.846. The van der Waals surface area contributed by atoms with Crippen molar-refractivity contribution in [2.45, 2.75) is 12.3 Å². The molecule has 5 nitrogen and oxygen atoms in total. The first-order valence-corrected chi connectivity index (χ1v) is 6.67. The highest BCUT2D eigenvalue weighted by atomic mass is 32.2. The summed E-state index contributed by atoms with van der Waals surface area (Å²) in [6.07, 6.45) is -5.48. The topological polar surface area (TPSA) is 86.5 Å². The van der Waals surface area contributed by atoms with Crippen LogP contribution in [0, 0.1) is 0 Å². The number of amides is 1. The Balaban J connectivity index is 3.09. The molecule has 2 N–H and O–H groups in total. The summed E-state index contributed by atoms with van der Waals surface area (Å²) in [4.78, 5) is 11.1. The van der Waals surface area contributed by atoms with Gasteiger partial charge in [-0.15, -0.1) is 0 Å². The Bertz CT molecular complexity index is 565. The molecule has 0 heterocycles. The van der Waals surface area contributed by atoms with Crippen LogP contribution in [-0.4, -0.2) is 20.6 Å². The van der Waals surface area contributed by atoms with E-state index in [9.17, 15) is 26.4 Å². The first kappa shape index (κ1) is 15.4. The zero-order chi connectivity index (χ0) is 14.8. The molecule has 1 amide bonds. The maximum Gasteiger partial charge on any atom is 0.416 e. The minimum absolute atomic E-state index is 0.0778. The van der Waals surface area contributed by atoms with Gasteiger partial charge in [0.05, 0.1) is 11.8 Å². The van der Waals surface area contributed by atoms with Crippen LogP contribution in [0.1, 0.15) is 17.2 Å². The van der Waals surface area contributed by atoms with Crippen LogP contribution in [0.4, 0.5) is 13.2 Å². The summed E-state index contributed by atoms with van der Waals surface area (Å²) in [5, 5.41) is 0. The van der Waals surface area contributed by atoms with Crippen LogP contribution in [0.15, 0.2) is 24.3 Å². The average Bonchev–Trinajstić information content (AvgIpc) is 2.23. The van der Waals surface area contributed by atoms with Crippen LogP contribution >= 0.6 is 0 Å². The van der Waals surface area contributed by atoms with Gasteiger partial charge in [-0.3, -0.25) is 8.98 Å². The fourth-order valence-electron chi connectivity index (χ4n) is 1.29. The minimum Gasteiger partial charge on any atom is -0.367 e. The van der Waals surface area contributed by atoms with E-state index < -0.39 is 33.9 Å². The van der Waals surface area contributed by atoms with Gasteiger partial charge < -0.3 is 5.73 Å². The van der Waals surface area contributed by atoms with E-state index in [4.69, 9.17) is 5.73 Å². The van der Waals surface area contributed by atoms with Crippen molar-refractivity contribution in [3.63, 3.8) is 0 Å². The van der Waals surface area contributed by atoms with Crippen LogP contribution in [0.25, 0.3) is 0 Å². The molecular formula is C10H10F3NO4S. The Kier molecular flexibility index (Phi) is 4.21. The molecule has 0 aliphatic heterocycles. The van der Waals surface area contributed by atoms with Gasteiger partial charge >= 0.3 is 6.18 Å². The Labute approximate surface area is 107 Å². The van der Waals surface area contributed by atoms with Crippen molar-refractivity contribution in [3.05, 3.63) is 35.4 Å². The number of halogens is 3. The lowest BCUT2D eigenvalue weighted by Gasteiger charge is -2.14.